The van der Waals surface area contributed by atoms with Gasteiger partial charge in [0.25, 0.3) is 0 Å². The molecule has 1 aromatic rings. The second kappa shape index (κ2) is 4.65. The number of aryl methyl sites for hydroxylation is 1. The minimum atomic E-state index is 0.227. The molecule has 1 aromatic heterocycles. The smallest absolute Gasteiger partial charge is 0.129 e. The van der Waals surface area contributed by atoms with Crippen molar-refractivity contribution in [3.05, 3.63) is 23.4 Å². The van der Waals surface area contributed by atoms with Crippen molar-refractivity contribution in [2.24, 2.45) is 5.73 Å². The molecule has 0 bridgehead atoms. The highest BCUT2D eigenvalue weighted by molar-refractivity contribution is 5.46. The summed E-state index contributed by atoms with van der Waals surface area (Å²) in [6.07, 6.45) is 3.46. The van der Waals surface area contributed by atoms with E-state index in [0.29, 0.717) is 6.54 Å². The number of hydrogen-bond acceptors (Lipinski definition) is 3. The Kier molecular flexibility index (Phi) is 3.38. The molecule has 0 atom stereocenters. The molecule has 0 aliphatic carbocycles. The van der Waals surface area contributed by atoms with Gasteiger partial charge in [0.2, 0.25) is 0 Å². The minimum Gasteiger partial charge on any atom is -0.351 e. The molecule has 2 rings (SSSR count). The third-order valence-corrected chi connectivity index (χ3v) is 3.70. The van der Waals surface area contributed by atoms with Crippen LogP contribution in [-0.4, -0.2) is 17.1 Å². The first-order valence-electron chi connectivity index (χ1n) is 6.54. The lowest BCUT2D eigenvalue weighted by Gasteiger charge is -2.33. The van der Waals surface area contributed by atoms with Gasteiger partial charge in [-0.15, -0.1) is 0 Å². The van der Waals surface area contributed by atoms with Crippen molar-refractivity contribution in [2.45, 2.75) is 52.1 Å². The van der Waals surface area contributed by atoms with E-state index in [4.69, 9.17) is 10.7 Å². The lowest BCUT2D eigenvalue weighted by Crippen LogP contribution is -2.38. The third kappa shape index (κ3) is 2.44. The maximum absolute atomic E-state index is 5.76. The van der Waals surface area contributed by atoms with Crippen LogP contribution in [0.2, 0.25) is 0 Å². The molecule has 94 valence electrons. The average molecular weight is 233 g/mol. The number of anilines is 1. The molecule has 0 saturated carbocycles. The van der Waals surface area contributed by atoms with E-state index in [-0.39, 0.29) is 5.54 Å². The van der Waals surface area contributed by atoms with Gasteiger partial charge in [-0.1, -0.05) is 6.92 Å². The number of hydrogen-bond donors (Lipinski definition) is 1. The van der Waals surface area contributed by atoms with Crippen LogP contribution in [0, 0.1) is 0 Å². The predicted octanol–water partition coefficient (Wildman–Crippen LogP) is 2.48. The summed E-state index contributed by atoms with van der Waals surface area (Å²) in [5.74, 6) is 1.10. The van der Waals surface area contributed by atoms with Gasteiger partial charge in [0, 0.05) is 24.3 Å². The van der Waals surface area contributed by atoms with E-state index < -0.39 is 0 Å². The van der Waals surface area contributed by atoms with Gasteiger partial charge in [0.15, 0.2) is 0 Å². The normalized spacial score (nSPS) is 18.7. The van der Waals surface area contributed by atoms with Gasteiger partial charge in [0.05, 0.1) is 0 Å². The Bertz CT molecular complexity index is 376. The fraction of sp³-hybridized carbons (Fsp3) is 0.643. The molecule has 1 saturated heterocycles. The zero-order valence-corrected chi connectivity index (χ0v) is 11.2. The fourth-order valence-corrected chi connectivity index (χ4v) is 2.60. The Balaban J connectivity index is 2.37. The van der Waals surface area contributed by atoms with Crippen LogP contribution in [0.15, 0.2) is 12.1 Å². The van der Waals surface area contributed by atoms with Gasteiger partial charge < -0.3 is 10.6 Å². The standard InChI is InChI=1S/C14H23N3/c1-4-12-8-11(10-15)9-13(16-12)17-7-5-6-14(17,2)3/h8-9H,4-7,10,15H2,1-3H3. The minimum absolute atomic E-state index is 0.227. The Morgan fingerprint density at radius 3 is 2.71 bits per heavy atom. The summed E-state index contributed by atoms with van der Waals surface area (Å²) in [6.45, 7) is 8.43. The second-order valence-corrected chi connectivity index (χ2v) is 5.45. The molecule has 1 aliphatic heterocycles. The molecule has 0 radical (unpaired) electrons. The topological polar surface area (TPSA) is 42.1 Å². The van der Waals surface area contributed by atoms with E-state index in [9.17, 15) is 0 Å². The van der Waals surface area contributed by atoms with Crippen LogP contribution in [0.1, 0.15) is 44.9 Å². The molecule has 0 aromatic carbocycles. The van der Waals surface area contributed by atoms with Crippen LogP contribution in [0.4, 0.5) is 5.82 Å². The highest BCUT2D eigenvalue weighted by atomic mass is 15.3. The summed E-state index contributed by atoms with van der Waals surface area (Å²) in [7, 11) is 0. The molecule has 0 unspecified atom stereocenters. The molecular formula is C14H23N3. The van der Waals surface area contributed by atoms with E-state index in [1.807, 2.05) is 0 Å². The first-order chi connectivity index (χ1) is 8.06. The molecule has 0 amide bonds. The number of rotatable bonds is 3. The molecule has 2 N–H and O–H groups in total. The van der Waals surface area contributed by atoms with Crippen LogP contribution in [0.3, 0.4) is 0 Å². The van der Waals surface area contributed by atoms with Crippen LogP contribution < -0.4 is 10.6 Å². The fourth-order valence-electron chi connectivity index (χ4n) is 2.60. The summed E-state index contributed by atoms with van der Waals surface area (Å²) < 4.78 is 0. The van der Waals surface area contributed by atoms with Crippen molar-refractivity contribution in [3.63, 3.8) is 0 Å². The van der Waals surface area contributed by atoms with E-state index in [0.717, 1.165) is 24.5 Å². The van der Waals surface area contributed by atoms with Gasteiger partial charge >= 0.3 is 0 Å². The highest BCUT2D eigenvalue weighted by Gasteiger charge is 2.32. The van der Waals surface area contributed by atoms with E-state index in [1.54, 1.807) is 0 Å². The van der Waals surface area contributed by atoms with Crippen molar-refractivity contribution in [1.29, 1.82) is 0 Å². The first kappa shape index (κ1) is 12.4. The van der Waals surface area contributed by atoms with Crippen LogP contribution in [0.5, 0.6) is 0 Å². The summed E-state index contributed by atoms with van der Waals surface area (Å²) in [4.78, 5) is 7.17. The first-order valence-corrected chi connectivity index (χ1v) is 6.54. The van der Waals surface area contributed by atoms with E-state index >= 15 is 0 Å². The average Bonchev–Trinajstić information content (AvgIpc) is 2.68. The second-order valence-electron chi connectivity index (χ2n) is 5.45. The number of nitrogens with two attached hydrogens (primary N) is 1. The van der Waals surface area contributed by atoms with Gasteiger partial charge in [0.1, 0.15) is 5.82 Å². The Morgan fingerprint density at radius 1 is 1.41 bits per heavy atom. The van der Waals surface area contributed by atoms with Crippen molar-refractivity contribution in [1.82, 2.24) is 4.98 Å². The maximum Gasteiger partial charge on any atom is 0.129 e. The zero-order chi connectivity index (χ0) is 12.5. The monoisotopic (exact) mass is 233 g/mol. The quantitative estimate of drug-likeness (QED) is 0.872. The van der Waals surface area contributed by atoms with Gasteiger partial charge in [-0.05, 0) is 50.8 Å². The summed E-state index contributed by atoms with van der Waals surface area (Å²) in [5, 5.41) is 0. The molecule has 17 heavy (non-hydrogen) atoms. The van der Waals surface area contributed by atoms with Gasteiger partial charge in [-0.25, -0.2) is 4.98 Å². The highest BCUT2D eigenvalue weighted by Crippen LogP contribution is 2.32. The zero-order valence-electron chi connectivity index (χ0n) is 11.2. The Morgan fingerprint density at radius 2 is 2.18 bits per heavy atom. The molecule has 0 spiro atoms. The van der Waals surface area contributed by atoms with Gasteiger partial charge in [-0.2, -0.15) is 0 Å². The SMILES string of the molecule is CCc1cc(CN)cc(N2CCCC2(C)C)n1. The van der Waals surface area contributed by atoms with Crippen LogP contribution in [0.25, 0.3) is 0 Å². The Labute approximate surface area is 104 Å². The lowest BCUT2D eigenvalue weighted by atomic mass is 10.0. The molecule has 1 aliphatic rings. The molecule has 3 heteroatoms. The van der Waals surface area contributed by atoms with Crippen molar-refractivity contribution in [2.75, 3.05) is 11.4 Å². The predicted molar refractivity (Wildman–Crippen MR) is 72.2 cm³/mol. The summed E-state index contributed by atoms with van der Waals surface area (Å²) in [6, 6.07) is 4.26. The molecule has 2 heterocycles. The summed E-state index contributed by atoms with van der Waals surface area (Å²) in [5.41, 5.74) is 8.32. The van der Waals surface area contributed by atoms with Crippen molar-refractivity contribution >= 4 is 5.82 Å². The van der Waals surface area contributed by atoms with Crippen molar-refractivity contribution in [3.8, 4) is 0 Å². The van der Waals surface area contributed by atoms with E-state index in [2.05, 4.69) is 37.8 Å². The van der Waals surface area contributed by atoms with E-state index in [1.165, 1.54) is 18.4 Å². The molecule has 1 fully saturated rings. The Hall–Kier alpha value is -1.09. The number of aromatic nitrogens is 1. The third-order valence-electron chi connectivity index (χ3n) is 3.70. The van der Waals surface area contributed by atoms with Crippen LogP contribution in [-0.2, 0) is 13.0 Å². The summed E-state index contributed by atoms with van der Waals surface area (Å²) >= 11 is 0. The number of pyridine rings is 1. The van der Waals surface area contributed by atoms with Crippen molar-refractivity contribution < 1.29 is 0 Å². The molecule has 3 nitrogen and oxygen atoms in total. The molecular weight excluding hydrogens is 210 g/mol. The maximum atomic E-state index is 5.76. The largest absolute Gasteiger partial charge is 0.351 e. The van der Waals surface area contributed by atoms with Gasteiger partial charge in [-0.3, -0.25) is 0 Å². The number of nitrogens with zero attached hydrogens (tertiary/aromatic N) is 2. The lowest BCUT2D eigenvalue weighted by molar-refractivity contribution is 0.513. The van der Waals surface area contributed by atoms with Crippen LogP contribution >= 0.6 is 0 Å².